The highest BCUT2D eigenvalue weighted by Gasteiger charge is 2.16. The number of nitrogens with zero attached hydrogens (tertiary/aromatic N) is 2. The monoisotopic (exact) mass is 439 g/mol. The Morgan fingerprint density at radius 3 is 2.48 bits per heavy atom. The Kier molecular flexibility index (Phi) is 7.16. The lowest BCUT2D eigenvalue weighted by Crippen LogP contribution is -2.33. The minimum atomic E-state index is -0.223. The standard InChI is InChI=1S/C25H30ClN3O2/c1-5-14-29(16-22-27-21-15-19(26)11-12-20(21)24(31)28-22)23(30)13-8-17-6-9-18(10-7-17)25(2,3)4/h6-7,9-12,15H,5,8,13-14,16H2,1-4H3,(H,27,28,31). The molecule has 6 heteroatoms. The SMILES string of the molecule is CCCN(Cc1nc2cc(Cl)ccc2c(=O)[nH]1)C(=O)CCc1ccc(C(C)(C)C)cc1. The lowest BCUT2D eigenvalue weighted by molar-refractivity contribution is -0.131. The first-order chi connectivity index (χ1) is 14.7. The van der Waals surface area contributed by atoms with E-state index in [1.165, 1.54) is 5.56 Å². The fraction of sp³-hybridized carbons (Fsp3) is 0.400. The summed E-state index contributed by atoms with van der Waals surface area (Å²) >= 11 is 6.05. The van der Waals surface area contributed by atoms with Gasteiger partial charge in [-0.05, 0) is 47.6 Å². The molecule has 2 aromatic carbocycles. The van der Waals surface area contributed by atoms with Crippen molar-refractivity contribution in [3.63, 3.8) is 0 Å². The first kappa shape index (κ1) is 23.0. The number of benzene rings is 2. The number of fused-ring (bicyclic) bond motifs is 1. The smallest absolute Gasteiger partial charge is 0.258 e. The quantitative estimate of drug-likeness (QED) is 0.547. The molecule has 1 aromatic heterocycles. The van der Waals surface area contributed by atoms with Crippen molar-refractivity contribution in [2.75, 3.05) is 6.54 Å². The van der Waals surface area contributed by atoms with Gasteiger partial charge in [-0.3, -0.25) is 9.59 Å². The molecule has 0 atom stereocenters. The summed E-state index contributed by atoms with van der Waals surface area (Å²) in [6.45, 7) is 9.47. The zero-order valence-electron chi connectivity index (χ0n) is 18.7. The maximum atomic E-state index is 12.9. The van der Waals surface area contributed by atoms with E-state index in [2.05, 4.69) is 55.0 Å². The largest absolute Gasteiger partial charge is 0.335 e. The fourth-order valence-corrected chi connectivity index (χ4v) is 3.73. The summed E-state index contributed by atoms with van der Waals surface area (Å²) < 4.78 is 0. The molecule has 0 aliphatic carbocycles. The summed E-state index contributed by atoms with van der Waals surface area (Å²) in [6, 6.07) is 13.5. The third kappa shape index (κ3) is 5.95. The van der Waals surface area contributed by atoms with Crippen molar-refractivity contribution in [1.29, 1.82) is 0 Å². The molecule has 0 fully saturated rings. The van der Waals surface area contributed by atoms with Crippen molar-refractivity contribution >= 4 is 28.4 Å². The van der Waals surface area contributed by atoms with E-state index < -0.39 is 0 Å². The van der Waals surface area contributed by atoms with Crippen LogP contribution in [-0.2, 0) is 23.2 Å². The number of H-pyrrole nitrogens is 1. The highest BCUT2D eigenvalue weighted by molar-refractivity contribution is 6.31. The van der Waals surface area contributed by atoms with Crippen LogP contribution < -0.4 is 5.56 Å². The zero-order valence-corrected chi connectivity index (χ0v) is 19.4. The summed E-state index contributed by atoms with van der Waals surface area (Å²) in [5, 5.41) is 1.01. The Balaban J connectivity index is 1.71. The molecule has 0 saturated heterocycles. The van der Waals surface area contributed by atoms with Crippen LogP contribution in [0.5, 0.6) is 0 Å². The molecule has 0 radical (unpaired) electrons. The Morgan fingerprint density at radius 2 is 1.84 bits per heavy atom. The molecule has 1 N–H and O–H groups in total. The first-order valence-electron chi connectivity index (χ1n) is 10.7. The van der Waals surface area contributed by atoms with E-state index in [0.717, 1.165) is 12.0 Å². The molecule has 1 heterocycles. The second-order valence-corrected chi connectivity index (χ2v) is 9.37. The van der Waals surface area contributed by atoms with E-state index in [9.17, 15) is 9.59 Å². The average molecular weight is 440 g/mol. The van der Waals surface area contributed by atoms with Crippen LogP contribution in [0, 0.1) is 0 Å². The second-order valence-electron chi connectivity index (χ2n) is 8.94. The Hall–Kier alpha value is -2.66. The number of hydrogen-bond donors (Lipinski definition) is 1. The molecule has 0 aliphatic heterocycles. The van der Waals surface area contributed by atoms with Crippen molar-refractivity contribution in [3.8, 4) is 0 Å². The van der Waals surface area contributed by atoms with E-state index in [1.807, 2.05) is 6.92 Å². The second kappa shape index (κ2) is 9.65. The van der Waals surface area contributed by atoms with Gasteiger partial charge >= 0.3 is 0 Å². The maximum absolute atomic E-state index is 12.9. The van der Waals surface area contributed by atoms with Crippen molar-refractivity contribution < 1.29 is 4.79 Å². The number of nitrogens with one attached hydrogen (secondary N) is 1. The lowest BCUT2D eigenvalue weighted by Gasteiger charge is -2.22. The number of rotatable bonds is 7. The first-order valence-corrected chi connectivity index (χ1v) is 11.1. The number of amides is 1. The molecular formula is C25H30ClN3O2. The fourth-order valence-electron chi connectivity index (χ4n) is 3.56. The molecule has 0 saturated carbocycles. The predicted molar refractivity (Wildman–Crippen MR) is 127 cm³/mol. The zero-order chi connectivity index (χ0) is 22.6. The molecule has 0 aliphatic rings. The molecule has 3 aromatic rings. The van der Waals surface area contributed by atoms with E-state index in [0.29, 0.717) is 41.1 Å². The van der Waals surface area contributed by atoms with Crippen molar-refractivity contribution in [2.45, 2.75) is 58.9 Å². The highest BCUT2D eigenvalue weighted by Crippen LogP contribution is 2.22. The summed E-state index contributed by atoms with van der Waals surface area (Å²) in [7, 11) is 0. The van der Waals surface area contributed by atoms with Gasteiger partial charge in [-0.1, -0.05) is 63.6 Å². The van der Waals surface area contributed by atoms with Crippen LogP contribution in [0.3, 0.4) is 0 Å². The van der Waals surface area contributed by atoms with Crippen molar-refractivity contribution in [2.24, 2.45) is 0 Å². The molecule has 0 spiro atoms. The molecule has 5 nitrogen and oxygen atoms in total. The number of aromatic amines is 1. The van der Waals surface area contributed by atoms with E-state index in [1.54, 1.807) is 23.1 Å². The predicted octanol–water partition coefficient (Wildman–Crippen LogP) is 5.25. The number of hydrogen-bond acceptors (Lipinski definition) is 3. The molecule has 3 rings (SSSR count). The van der Waals surface area contributed by atoms with Gasteiger partial charge in [0.2, 0.25) is 5.91 Å². The van der Waals surface area contributed by atoms with E-state index >= 15 is 0 Å². The van der Waals surface area contributed by atoms with Crippen molar-refractivity contribution in [1.82, 2.24) is 14.9 Å². The lowest BCUT2D eigenvalue weighted by atomic mass is 9.86. The van der Waals surface area contributed by atoms with Crippen molar-refractivity contribution in [3.05, 3.63) is 74.8 Å². The van der Waals surface area contributed by atoms with Crippen LogP contribution in [-0.4, -0.2) is 27.3 Å². The number of carbonyl (C=O) groups is 1. The number of aromatic nitrogens is 2. The molecule has 1 amide bonds. The van der Waals surface area contributed by atoms with Crippen LogP contribution in [0.1, 0.15) is 57.5 Å². The van der Waals surface area contributed by atoms with E-state index in [-0.39, 0.29) is 23.4 Å². The number of halogens is 1. The number of aryl methyl sites for hydroxylation is 1. The van der Waals surface area contributed by atoms with Crippen LogP contribution in [0.2, 0.25) is 5.02 Å². The van der Waals surface area contributed by atoms with Gasteiger partial charge in [0.25, 0.3) is 5.56 Å². The highest BCUT2D eigenvalue weighted by atomic mass is 35.5. The summed E-state index contributed by atoms with van der Waals surface area (Å²) in [5.41, 5.74) is 2.85. The third-order valence-corrected chi connectivity index (χ3v) is 5.59. The number of carbonyl (C=O) groups excluding carboxylic acids is 1. The summed E-state index contributed by atoms with van der Waals surface area (Å²) in [6.07, 6.45) is 1.93. The van der Waals surface area contributed by atoms with Gasteiger partial charge in [0, 0.05) is 18.0 Å². The summed E-state index contributed by atoms with van der Waals surface area (Å²) in [4.78, 5) is 34.4. The van der Waals surface area contributed by atoms with Crippen LogP contribution in [0.15, 0.2) is 47.3 Å². The Bertz CT molecular complexity index is 1110. The minimum Gasteiger partial charge on any atom is -0.335 e. The van der Waals surface area contributed by atoms with Gasteiger partial charge in [0.1, 0.15) is 5.82 Å². The molecular weight excluding hydrogens is 410 g/mol. The Morgan fingerprint density at radius 1 is 1.13 bits per heavy atom. The topological polar surface area (TPSA) is 66.1 Å². The van der Waals surface area contributed by atoms with Gasteiger partial charge in [-0.15, -0.1) is 0 Å². The minimum absolute atomic E-state index is 0.0515. The van der Waals surface area contributed by atoms with Gasteiger partial charge in [0.15, 0.2) is 0 Å². The normalized spacial score (nSPS) is 11.6. The molecule has 164 valence electrons. The maximum Gasteiger partial charge on any atom is 0.258 e. The van der Waals surface area contributed by atoms with Crippen LogP contribution in [0.4, 0.5) is 0 Å². The third-order valence-electron chi connectivity index (χ3n) is 5.35. The summed E-state index contributed by atoms with van der Waals surface area (Å²) in [5.74, 6) is 0.520. The molecule has 0 bridgehead atoms. The molecule has 0 unspecified atom stereocenters. The molecule has 31 heavy (non-hydrogen) atoms. The van der Waals surface area contributed by atoms with Crippen LogP contribution >= 0.6 is 11.6 Å². The van der Waals surface area contributed by atoms with Gasteiger partial charge in [0.05, 0.1) is 17.4 Å². The average Bonchev–Trinajstić information content (AvgIpc) is 2.71. The van der Waals surface area contributed by atoms with Gasteiger partial charge in [-0.25, -0.2) is 4.98 Å². The van der Waals surface area contributed by atoms with Crippen LogP contribution in [0.25, 0.3) is 10.9 Å². The van der Waals surface area contributed by atoms with E-state index in [4.69, 9.17) is 11.6 Å². The Labute approximate surface area is 188 Å². The van der Waals surface area contributed by atoms with Gasteiger partial charge in [-0.2, -0.15) is 0 Å². The van der Waals surface area contributed by atoms with Gasteiger partial charge < -0.3 is 9.88 Å².